The van der Waals surface area contributed by atoms with Gasteiger partial charge in [0.05, 0.1) is 0 Å². The molecule has 1 atom stereocenters. The van der Waals surface area contributed by atoms with Crippen molar-refractivity contribution in [1.29, 1.82) is 0 Å². The molecule has 2 rings (SSSR count). The van der Waals surface area contributed by atoms with Gasteiger partial charge in [0.2, 0.25) is 12.7 Å². The molecule has 1 aliphatic rings. The SMILES string of the molecule is CC(C)COC(C)C(=O)NCCc1ccc2c(c1)OCO2. The van der Waals surface area contributed by atoms with Gasteiger partial charge < -0.3 is 19.5 Å². The van der Waals surface area contributed by atoms with Gasteiger partial charge >= 0.3 is 0 Å². The van der Waals surface area contributed by atoms with E-state index in [1.54, 1.807) is 6.92 Å². The van der Waals surface area contributed by atoms with Gasteiger partial charge in [-0.05, 0) is 37.0 Å². The Morgan fingerprint density at radius 3 is 2.81 bits per heavy atom. The van der Waals surface area contributed by atoms with Crippen LogP contribution in [0, 0.1) is 5.92 Å². The second kappa shape index (κ2) is 7.31. The first-order valence-electron chi connectivity index (χ1n) is 7.34. The van der Waals surface area contributed by atoms with Gasteiger partial charge in [0, 0.05) is 13.2 Å². The van der Waals surface area contributed by atoms with Gasteiger partial charge in [0.25, 0.3) is 0 Å². The molecule has 0 saturated heterocycles. The first-order valence-corrected chi connectivity index (χ1v) is 7.34. The van der Waals surface area contributed by atoms with Crippen molar-refractivity contribution in [2.24, 2.45) is 5.92 Å². The van der Waals surface area contributed by atoms with Crippen molar-refractivity contribution < 1.29 is 19.0 Å². The van der Waals surface area contributed by atoms with E-state index in [1.807, 2.05) is 18.2 Å². The van der Waals surface area contributed by atoms with Crippen LogP contribution in [0.3, 0.4) is 0 Å². The summed E-state index contributed by atoms with van der Waals surface area (Å²) < 4.78 is 16.1. The molecule has 1 aromatic rings. The van der Waals surface area contributed by atoms with Crippen LogP contribution in [0.1, 0.15) is 26.3 Å². The lowest BCUT2D eigenvalue weighted by Gasteiger charge is -2.14. The van der Waals surface area contributed by atoms with Crippen molar-refractivity contribution in [3.63, 3.8) is 0 Å². The molecule has 1 aliphatic heterocycles. The summed E-state index contributed by atoms with van der Waals surface area (Å²) in [4.78, 5) is 11.9. The normalized spacial score (nSPS) is 14.3. The third-order valence-electron chi connectivity index (χ3n) is 3.20. The fraction of sp³-hybridized carbons (Fsp3) is 0.562. The molecular formula is C16H23NO4. The zero-order valence-electron chi connectivity index (χ0n) is 12.8. The molecule has 0 radical (unpaired) electrons. The highest BCUT2D eigenvalue weighted by Gasteiger charge is 2.15. The quantitative estimate of drug-likeness (QED) is 0.837. The zero-order valence-corrected chi connectivity index (χ0v) is 12.8. The van der Waals surface area contributed by atoms with Crippen LogP contribution in [0.15, 0.2) is 18.2 Å². The van der Waals surface area contributed by atoms with E-state index in [0.29, 0.717) is 19.1 Å². The van der Waals surface area contributed by atoms with Crippen LogP contribution in [-0.4, -0.2) is 32.0 Å². The standard InChI is InChI=1S/C16H23NO4/c1-11(2)9-19-12(3)16(18)17-7-6-13-4-5-14-15(8-13)21-10-20-14/h4-5,8,11-12H,6-7,9-10H2,1-3H3,(H,17,18). The summed E-state index contributed by atoms with van der Waals surface area (Å²) in [7, 11) is 0. The van der Waals surface area contributed by atoms with Gasteiger partial charge in [-0.1, -0.05) is 19.9 Å². The number of fused-ring (bicyclic) bond motifs is 1. The molecule has 0 spiro atoms. The predicted molar refractivity (Wildman–Crippen MR) is 79.5 cm³/mol. The van der Waals surface area contributed by atoms with Crippen LogP contribution in [-0.2, 0) is 16.0 Å². The molecule has 5 heteroatoms. The van der Waals surface area contributed by atoms with Crippen molar-refractivity contribution in [3.8, 4) is 11.5 Å². The van der Waals surface area contributed by atoms with Crippen LogP contribution in [0.2, 0.25) is 0 Å². The lowest BCUT2D eigenvalue weighted by Crippen LogP contribution is -2.36. The fourth-order valence-electron chi connectivity index (χ4n) is 1.98. The van der Waals surface area contributed by atoms with Gasteiger partial charge in [0.15, 0.2) is 11.5 Å². The first kappa shape index (κ1) is 15.6. The Bertz CT molecular complexity index is 487. The summed E-state index contributed by atoms with van der Waals surface area (Å²) in [6.07, 6.45) is 0.336. The third-order valence-corrected chi connectivity index (χ3v) is 3.20. The lowest BCUT2D eigenvalue weighted by atomic mass is 10.1. The molecule has 1 heterocycles. The van der Waals surface area contributed by atoms with Crippen LogP contribution >= 0.6 is 0 Å². The summed E-state index contributed by atoms with van der Waals surface area (Å²) >= 11 is 0. The second-order valence-electron chi connectivity index (χ2n) is 5.60. The fourth-order valence-corrected chi connectivity index (χ4v) is 1.98. The number of benzene rings is 1. The Labute approximate surface area is 125 Å². The summed E-state index contributed by atoms with van der Waals surface area (Å²) in [5, 5.41) is 2.89. The van der Waals surface area contributed by atoms with Crippen molar-refractivity contribution in [1.82, 2.24) is 5.32 Å². The molecular weight excluding hydrogens is 270 g/mol. The number of carbonyl (C=O) groups is 1. The van der Waals surface area contributed by atoms with E-state index in [4.69, 9.17) is 14.2 Å². The molecule has 1 N–H and O–H groups in total. The van der Waals surface area contributed by atoms with Crippen molar-refractivity contribution in [2.75, 3.05) is 19.9 Å². The monoisotopic (exact) mass is 293 g/mol. The molecule has 0 aromatic heterocycles. The van der Waals surface area contributed by atoms with E-state index < -0.39 is 6.10 Å². The largest absolute Gasteiger partial charge is 0.454 e. The Kier molecular flexibility index (Phi) is 5.44. The second-order valence-corrected chi connectivity index (χ2v) is 5.60. The van der Waals surface area contributed by atoms with Gasteiger partial charge in [-0.3, -0.25) is 4.79 Å². The molecule has 1 amide bonds. The Morgan fingerprint density at radius 1 is 1.29 bits per heavy atom. The predicted octanol–water partition coefficient (Wildman–Crippen LogP) is 2.14. The molecule has 116 valence electrons. The molecule has 0 saturated carbocycles. The lowest BCUT2D eigenvalue weighted by molar-refractivity contribution is -0.132. The van der Waals surface area contributed by atoms with Crippen LogP contribution in [0.4, 0.5) is 0 Å². The molecule has 21 heavy (non-hydrogen) atoms. The van der Waals surface area contributed by atoms with E-state index in [0.717, 1.165) is 23.5 Å². The Balaban J connectivity index is 1.72. The highest BCUT2D eigenvalue weighted by atomic mass is 16.7. The topological polar surface area (TPSA) is 56.8 Å². The number of ether oxygens (including phenoxy) is 3. The van der Waals surface area contributed by atoms with Crippen LogP contribution < -0.4 is 14.8 Å². The van der Waals surface area contributed by atoms with Gasteiger partial charge in [-0.25, -0.2) is 0 Å². The molecule has 1 unspecified atom stereocenters. The smallest absolute Gasteiger partial charge is 0.248 e. The van der Waals surface area contributed by atoms with Gasteiger partial charge in [-0.2, -0.15) is 0 Å². The average molecular weight is 293 g/mol. The summed E-state index contributed by atoms with van der Waals surface area (Å²) in [6, 6.07) is 5.83. The molecule has 5 nitrogen and oxygen atoms in total. The van der Waals surface area contributed by atoms with E-state index in [-0.39, 0.29) is 12.7 Å². The molecule has 0 fully saturated rings. The minimum atomic E-state index is -0.413. The molecule has 1 aromatic carbocycles. The third kappa shape index (κ3) is 4.63. The maximum absolute atomic E-state index is 11.9. The van der Waals surface area contributed by atoms with Crippen molar-refractivity contribution in [2.45, 2.75) is 33.3 Å². The Morgan fingerprint density at radius 2 is 2.05 bits per heavy atom. The maximum Gasteiger partial charge on any atom is 0.248 e. The number of amides is 1. The van der Waals surface area contributed by atoms with Gasteiger partial charge in [-0.15, -0.1) is 0 Å². The Hall–Kier alpha value is -1.75. The number of nitrogens with one attached hydrogen (secondary N) is 1. The number of hydrogen-bond donors (Lipinski definition) is 1. The van der Waals surface area contributed by atoms with Gasteiger partial charge in [0.1, 0.15) is 6.10 Å². The molecule has 0 aliphatic carbocycles. The van der Waals surface area contributed by atoms with Crippen LogP contribution in [0.5, 0.6) is 11.5 Å². The van der Waals surface area contributed by atoms with E-state index in [2.05, 4.69) is 19.2 Å². The first-order chi connectivity index (χ1) is 10.1. The molecule has 0 bridgehead atoms. The zero-order chi connectivity index (χ0) is 15.2. The highest BCUT2D eigenvalue weighted by Crippen LogP contribution is 2.32. The summed E-state index contributed by atoms with van der Waals surface area (Å²) in [5.74, 6) is 1.90. The number of carbonyl (C=O) groups excluding carboxylic acids is 1. The van der Waals surface area contributed by atoms with E-state index in [1.165, 1.54) is 0 Å². The maximum atomic E-state index is 11.9. The summed E-state index contributed by atoms with van der Waals surface area (Å²) in [6.45, 7) is 7.34. The minimum Gasteiger partial charge on any atom is -0.454 e. The number of hydrogen-bond acceptors (Lipinski definition) is 4. The summed E-state index contributed by atoms with van der Waals surface area (Å²) in [5.41, 5.74) is 1.11. The average Bonchev–Trinajstić information content (AvgIpc) is 2.92. The highest BCUT2D eigenvalue weighted by molar-refractivity contribution is 5.80. The number of rotatable bonds is 7. The van der Waals surface area contributed by atoms with Crippen molar-refractivity contribution >= 4 is 5.91 Å². The van der Waals surface area contributed by atoms with Crippen LogP contribution in [0.25, 0.3) is 0 Å². The van der Waals surface area contributed by atoms with E-state index in [9.17, 15) is 4.79 Å². The van der Waals surface area contributed by atoms with Crippen molar-refractivity contribution in [3.05, 3.63) is 23.8 Å². The minimum absolute atomic E-state index is 0.0728. The van der Waals surface area contributed by atoms with E-state index >= 15 is 0 Å².